The maximum Gasteiger partial charge on any atom is 0.322 e. The minimum Gasteiger partial charge on any atom is -0.391 e. The average Bonchev–Trinajstić information content (AvgIpc) is 3.24. The number of sulfone groups is 1. The highest BCUT2D eigenvalue weighted by molar-refractivity contribution is 7.90. The molecule has 194 valence electrons. The largest absolute Gasteiger partial charge is 0.391 e. The van der Waals surface area contributed by atoms with Crippen molar-refractivity contribution in [3.05, 3.63) is 76.3 Å². The van der Waals surface area contributed by atoms with Gasteiger partial charge in [-0.2, -0.15) is 0 Å². The number of rotatable bonds is 5. The van der Waals surface area contributed by atoms with Gasteiger partial charge in [-0.25, -0.2) is 13.2 Å². The third kappa shape index (κ3) is 6.07. The van der Waals surface area contributed by atoms with Crippen molar-refractivity contribution in [2.24, 2.45) is 0 Å². The molecule has 37 heavy (non-hydrogen) atoms. The second kappa shape index (κ2) is 10.7. The third-order valence-electron chi connectivity index (χ3n) is 6.07. The van der Waals surface area contributed by atoms with Crippen LogP contribution in [0.1, 0.15) is 12.0 Å². The Morgan fingerprint density at radius 3 is 2.35 bits per heavy atom. The molecule has 3 N–H and O–H groups in total. The number of likely N-dealkylation sites (tertiary alicyclic amines) is 1. The summed E-state index contributed by atoms with van der Waals surface area (Å²) in [5.74, 6) is -0.503. The molecule has 4 rings (SSSR count). The van der Waals surface area contributed by atoms with Crippen LogP contribution in [0.3, 0.4) is 0 Å². The van der Waals surface area contributed by atoms with E-state index in [0.29, 0.717) is 33.1 Å². The van der Waals surface area contributed by atoms with E-state index in [1.807, 2.05) is 0 Å². The fourth-order valence-electron chi connectivity index (χ4n) is 4.31. The molecule has 0 aromatic heterocycles. The normalized spacial score (nSPS) is 17.5. The maximum absolute atomic E-state index is 13.2. The summed E-state index contributed by atoms with van der Waals surface area (Å²) in [5, 5.41) is 16.4. The molecule has 1 fully saturated rings. The predicted molar refractivity (Wildman–Crippen MR) is 145 cm³/mol. The quantitative estimate of drug-likeness (QED) is 0.406. The minimum atomic E-state index is -3.48. The van der Waals surface area contributed by atoms with Crippen molar-refractivity contribution < 1.29 is 23.1 Å². The van der Waals surface area contributed by atoms with Gasteiger partial charge in [0.15, 0.2) is 9.84 Å². The molecule has 1 saturated heterocycles. The first-order valence-electron chi connectivity index (χ1n) is 11.4. The van der Waals surface area contributed by atoms with Crippen LogP contribution < -0.4 is 10.6 Å². The molecule has 2 unspecified atom stereocenters. The first-order valence-corrected chi connectivity index (χ1v) is 14.0. The van der Waals surface area contributed by atoms with Crippen molar-refractivity contribution in [1.82, 2.24) is 4.90 Å². The van der Waals surface area contributed by atoms with Crippen LogP contribution in [-0.2, 0) is 14.6 Å². The number of hydrogen-bond acceptors (Lipinski definition) is 5. The van der Waals surface area contributed by atoms with Crippen LogP contribution in [0.15, 0.2) is 65.6 Å². The summed E-state index contributed by atoms with van der Waals surface area (Å²) in [5.41, 5.74) is 2.53. The lowest BCUT2D eigenvalue weighted by Gasteiger charge is -2.24. The van der Waals surface area contributed by atoms with Crippen molar-refractivity contribution in [2.75, 3.05) is 23.4 Å². The topological polar surface area (TPSA) is 116 Å². The fourth-order valence-corrected chi connectivity index (χ4v) is 5.66. The fraction of sp³-hybridized carbons (Fsp3) is 0.231. The molecule has 3 amide bonds. The zero-order chi connectivity index (χ0) is 26.9. The number of urea groups is 1. The molecule has 2 atom stereocenters. The predicted octanol–water partition coefficient (Wildman–Crippen LogP) is 4.98. The van der Waals surface area contributed by atoms with Gasteiger partial charge < -0.3 is 20.6 Å². The van der Waals surface area contributed by atoms with E-state index < -0.39 is 33.9 Å². The lowest BCUT2D eigenvalue weighted by molar-refractivity contribution is -0.119. The number of amides is 3. The Morgan fingerprint density at radius 2 is 1.70 bits per heavy atom. The van der Waals surface area contributed by atoms with E-state index in [0.717, 1.165) is 6.26 Å². The van der Waals surface area contributed by atoms with Gasteiger partial charge in [0, 0.05) is 35.5 Å². The Bertz CT molecular complexity index is 1440. The number of β-amino-alcohol motifs (C(OH)–C–C–N with tert-alkyl or cyclic N) is 1. The summed E-state index contributed by atoms with van der Waals surface area (Å²) in [7, 11) is -3.48. The number of benzene rings is 3. The van der Waals surface area contributed by atoms with Crippen LogP contribution in [0.2, 0.25) is 10.0 Å². The van der Waals surface area contributed by atoms with Crippen LogP contribution in [0.4, 0.5) is 16.2 Å². The van der Waals surface area contributed by atoms with Crippen molar-refractivity contribution in [1.29, 1.82) is 0 Å². The van der Waals surface area contributed by atoms with Gasteiger partial charge in [0.25, 0.3) is 0 Å². The highest BCUT2D eigenvalue weighted by Gasteiger charge is 2.39. The Kier molecular flexibility index (Phi) is 7.80. The number of aryl methyl sites for hydroxylation is 1. The molecule has 0 radical (unpaired) electrons. The van der Waals surface area contributed by atoms with Crippen LogP contribution >= 0.6 is 23.2 Å². The van der Waals surface area contributed by atoms with E-state index in [-0.39, 0.29) is 22.9 Å². The van der Waals surface area contributed by atoms with E-state index in [9.17, 15) is 23.1 Å². The SMILES string of the molecule is Cc1cc(-c2ccccc2S(C)(=O)=O)cc(Cl)c1NC(=O)C1CC(O)CN1C(=O)Nc1ccc(Cl)cc1. The summed E-state index contributed by atoms with van der Waals surface area (Å²) >= 11 is 12.4. The van der Waals surface area contributed by atoms with Crippen molar-refractivity contribution in [2.45, 2.75) is 30.4 Å². The molecule has 0 aliphatic carbocycles. The third-order valence-corrected chi connectivity index (χ3v) is 7.78. The number of aliphatic hydroxyl groups excluding tert-OH is 1. The maximum atomic E-state index is 13.2. The molecule has 0 bridgehead atoms. The number of carbonyl (C=O) groups is 2. The van der Waals surface area contributed by atoms with Gasteiger partial charge in [-0.05, 0) is 60.5 Å². The van der Waals surface area contributed by atoms with Crippen LogP contribution in [0.5, 0.6) is 0 Å². The summed E-state index contributed by atoms with van der Waals surface area (Å²) in [6, 6.07) is 15.0. The number of nitrogens with one attached hydrogen (secondary N) is 2. The Balaban J connectivity index is 1.56. The smallest absolute Gasteiger partial charge is 0.322 e. The van der Waals surface area contributed by atoms with E-state index in [2.05, 4.69) is 10.6 Å². The van der Waals surface area contributed by atoms with Gasteiger partial charge in [-0.1, -0.05) is 41.4 Å². The van der Waals surface area contributed by atoms with Crippen LogP contribution in [-0.4, -0.2) is 55.3 Å². The van der Waals surface area contributed by atoms with Crippen LogP contribution in [0.25, 0.3) is 11.1 Å². The van der Waals surface area contributed by atoms with Gasteiger partial charge >= 0.3 is 6.03 Å². The van der Waals surface area contributed by atoms with E-state index >= 15 is 0 Å². The Hall–Kier alpha value is -3.11. The minimum absolute atomic E-state index is 0.00849. The Morgan fingerprint density at radius 1 is 1.03 bits per heavy atom. The number of carbonyl (C=O) groups excluding carboxylic acids is 2. The number of halogens is 2. The van der Waals surface area contributed by atoms with Crippen molar-refractivity contribution >= 4 is 56.4 Å². The zero-order valence-electron chi connectivity index (χ0n) is 20.0. The van der Waals surface area contributed by atoms with Crippen LogP contribution in [0, 0.1) is 6.92 Å². The molecule has 8 nitrogen and oxygen atoms in total. The number of aliphatic hydroxyl groups is 1. The molecular formula is C26H25Cl2N3O5S. The lowest BCUT2D eigenvalue weighted by Crippen LogP contribution is -2.45. The first kappa shape index (κ1) is 26.9. The molecule has 1 aliphatic heterocycles. The number of anilines is 2. The van der Waals surface area contributed by atoms with Gasteiger partial charge in [0.2, 0.25) is 5.91 Å². The van der Waals surface area contributed by atoms with E-state index in [4.69, 9.17) is 23.2 Å². The van der Waals surface area contributed by atoms with Gasteiger partial charge in [0.05, 0.1) is 21.7 Å². The van der Waals surface area contributed by atoms with Gasteiger partial charge in [-0.15, -0.1) is 0 Å². The standard InChI is InChI=1S/C26H25Cl2N3O5S/c1-15-11-16(20-5-3-4-6-23(20)37(2,35)36)12-21(28)24(15)30-25(33)22-13-19(32)14-31(22)26(34)29-18-9-7-17(27)8-10-18/h3-12,19,22,32H,13-14H2,1-2H3,(H,29,34)(H,30,33). The summed E-state index contributed by atoms with van der Waals surface area (Å²) in [6.07, 6.45) is 0.342. The average molecular weight is 562 g/mol. The van der Waals surface area contributed by atoms with Crippen molar-refractivity contribution in [3.63, 3.8) is 0 Å². The zero-order valence-corrected chi connectivity index (χ0v) is 22.4. The highest BCUT2D eigenvalue weighted by Crippen LogP contribution is 2.35. The molecule has 3 aromatic rings. The van der Waals surface area contributed by atoms with Gasteiger partial charge in [0.1, 0.15) is 6.04 Å². The molecule has 11 heteroatoms. The lowest BCUT2D eigenvalue weighted by atomic mass is 10.0. The molecule has 1 aliphatic rings. The highest BCUT2D eigenvalue weighted by atomic mass is 35.5. The second-order valence-electron chi connectivity index (χ2n) is 8.90. The molecule has 0 spiro atoms. The molecule has 1 heterocycles. The Labute approximate surface area is 225 Å². The first-order chi connectivity index (χ1) is 17.4. The molecular weight excluding hydrogens is 537 g/mol. The number of nitrogens with zero attached hydrogens (tertiary/aromatic N) is 1. The number of hydrogen-bond donors (Lipinski definition) is 3. The summed E-state index contributed by atoms with van der Waals surface area (Å²) < 4.78 is 24.5. The van der Waals surface area contributed by atoms with E-state index in [1.54, 1.807) is 61.5 Å². The van der Waals surface area contributed by atoms with Crippen molar-refractivity contribution in [3.8, 4) is 11.1 Å². The second-order valence-corrected chi connectivity index (χ2v) is 11.7. The molecule has 0 saturated carbocycles. The molecule has 3 aromatic carbocycles. The van der Waals surface area contributed by atoms with Gasteiger partial charge in [-0.3, -0.25) is 4.79 Å². The summed E-state index contributed by atoms with van der Waals surface area (Å²) in [6.45, 7) is 1.73. The monoisotopic (exact) mass is 561 g/mol. The van der Waals surface area contributed by atoms with E-state index in [1.165, 1.54) is 11.0 Å². The summed E-state index contributed by atoms with van der Waals surface area (Å²) in [4.78, 5) is 27.5.